The van der Waals surface area contributed by atoms with E-state index < -0.39 is 47.9 Å². The van der Waals surface area contributed by atoms with Gasteiger partial charge in [0.2, 0.25) is 0 Å². The van der Waals surface area contributed by atoms with Gasteiger partial charge in [0.25, 0.3) is 0 Å². The predicted octanol–water partition coefficient (Wildman–Crippen LogP) is 5.10. The van der Waals surface area contributed by atoms with Gasteiger partial charge in [0, 0.05) is 25.3 Å². The number of carbonyl (C=O) groups excluding carboxylic acids is 2. The summed E-state index contributed by atoms with van der Waals surface area (Å²) in [4.78, 5) is 30.1. The Bertz CT molecular complexity index is 934. The maximum absolute atomic E-state index is 15.1. The number of allylic oxidation sites excluding steroid dienone is 1. The second kappa shape index (κ2) is 12.6. The van der Waals surface area contributed by atoms with Crippen molar-refractivity contribution in [3.05, 3.63) is 35.3 Å². The number of aromatic nitrogens is 1. The van der Waals surface area contributed by atoms with Gasteiger partial charge in [0.15, 0.2) is 12.0 Å². The molecule has 196 valence electrons. The van der Waals surface area contributed by atoms with Gasteiger partial charge >= 0.3 is 5.97 Å². The third-order valence-corrected chi connectivity index (χ3v) is 7.01. The fraction of sp³-hybridized carbons (Fsp3) is 0.667. The van der Waals surface area contributed by atoms with E-state index in [9.17, 15) is 19.8 Å². The summed E-state index contributed by atoms with van der Waals surface area (Å²) in [5, 5.41) is 21.7. The van der Waals surface area contributed by atoms with Gasteiger partial charge < -0.3 is 19.4 Å². The molecule has 2 rings (SSSR count). The molecule has 35 heavy (non-hydrogen) atoms. The van der Waals surface area contributed by atoms with Crippen LogP contribution in [0.15, 0.2) is 28.2 Å². The monoisotopic (exact) mass is 493 g/mol. The van der Waals surface area contributed by atoms with Gasteiger partial charge in [-0.25, -0.2) is 9.37 Å². The lowest BCUT2D eigenvalue weighted by molar-refractivity contribution is -0.155. The summed E-state index contributed by atoms with van der Waals surface area (Å²) in [5.41, 5.74) is -0.0150. The quantitative estimate of drug-likeness (QED) is 0.445. The van der Waals surface area contributed by atoms with E-state index in [0.717, 1.165) is 30.9 Å². The van der Waals surface area contributed by atoms with Crippen molar-refractivity contribution in [1.29, 1.82) is 0 Å². The first-order valence-corrected chi connectivity index (χ1v) is 12.4. The first kappa shape index (κ1) is 28.9. The molecule has 1 aliphatic heterocycles. The van der Waals surface area contributed by atoms with Gasteiger partial charge in [-0.2, -0.15) is 0 Å². The minimum atomic E-state index is -1.35. The average Bonchev–Trinajstić information content (AvgIpc) is 3.20. The Hall–Kier alpha value is -2.32. The Kier molecular flexibility index (Phi) is 10.4. The van der Waals surface area contributed by atoms with Crippen LogP contribution in [0.1, 0.15) is 84.7 Å². The van der Waals surface area contributed by atoms with Gasteiger partial charge in [-0.05, 0) is 38.5 Å². The average molecular weight is 494 g/mol. The molecule has 0 fully saturated rings. The van der Waals surface area contributed by atoms with Gasteiger partial charge in [0.05, 0.1) is 24.0 Å². The number of nitrogens with zero attached hydrogens (tertiary/aromatic N) is 1. The number of hydrogen-bond acceptors (Lipinski definition) is 7. The number of aliphatic hydroxyl groups excluding tert-OH is 2. The molecule has 1 aliphatic rings. The highest BCUT2D eigenvalue weighted by Crippen LogP contribution is 2.34. The number of esters is 1. The van der Waals surface area contributed by atoms with E-state index >= 15 is 4.39 Å². The molecular formula is C27H40FNO6. The van der Waals surface area contributed by atoms with E-state index in [4.69, 9.17) is 9.15 Å². The lowest BCUT2D eigenvalue weighted by Crippen LogP contribution is -2.46. The summed E-state index contributed by atoms with van der Waals surface area (Å²) in [6, 6.07) is 0. The summed E-state index contributed by atoms with van der Waals surface area (Å²) in [7, 11) is 0. The van der Waals surface area contributed by atoms with Crippen molar-refractivity contribution < 1.29 is 33.3 Å². The molecule has 0 amide bonds. The molecule has 0 aliphatic carbocycles. The Morgan fingerprint density at radius 2 is 1.97 bits per heavy atom. The Morgan fingerprint density at radius 3 is 2.57 bits per heavy atom. The van der Waals surface area contributed by atoms with Crippen LogP contribution in [0.5, 0.6) is 0 Å². The number of Topliss-reactive ketones (excluding diaryl/α,β-unsaturated/α-hetero) is 1. The molecule has 7 nitrogen and oxygen atoms in total. The number of ether oxygens (including phenoxy) is 1. The number of hydrogen-bond donors (Lipinski definition) is 2. The maximum atomic E-state index is 15.1. The van der Waals surface area contributed by atoms with E-state index in [2.05, 4.69) is 4.98 Å². The summed E-state index contributed by atoms with van der Waals surface area (Å²) < 4.78 is 25.6. The molecule has 0 saturated carbocycles. The number of carbonyl (C=O) groups is 2. The summed E-state index contributed by atoms with van der Waals surface area (Å²) in [6.45, 7) is 10.4. The third-order valence-electron chi connectivity index (χ3n) is 7.01. The van der Waals surface area contributed by atoms with Gasteiger partial charge in [-0.15, -0.1) is 0 Å². The van der Waals surface area contributed by atoms with Crippen LogP contribution >= 0.6 is 0 Å². The zero-order valence-electron chi connectivity index (χ0n) is 21.7. The van der Waals surface area contributed by atoms with Crippen LogP contribution < -0.4 is 0 Å². The highest BCUT2D eigenvalue weighted by Gasteiger charge is 2.43. The molecule has 0 bridgehead atoms. The molecule has 0 radical (unpaired) electrons. The molecule has 5 atom stereocenters. The Labute approximate surface area is 207 Å². The van der Waals surface area contributed by atoms with Crippen molar-refractivity contribution in [3.8, 4) is 0 Å². The molecular weight excluding hydrogens is 453 g/mol. The van der Waals surface area contributed by atoms with Crippen molar-refractivity contribution in [2.75, 3.05) is 0 Å². The minimum Gasteiger partial charge on any atom is -0.455 e. The largest absolute Gasteiger partial charge is 0.455 e. The molecule has 8 heteroatoms. The van der Waals surface area contributed by atoms with Crippen LogP contribution in [0.4, 0.5) is 4.39 Å². The Balaban J connectivity index is 2.35. The van der Waals surface area contributed by atoms with Gasteiger partial charge in [-0.1, -0.05) is 39.3 Å². The van der Waals surface area contributed by atoms with Crippen LogP contribution in [-0.4, -0.2) is 45.3 Å². The molecule has 0 unspecified atom stereocenters. The van der Waals surface area contributed by atoms with Crippen molar-refractivity contribution in [2.45, 2.75) is 98.4 Å². The fourth-order valence-electron chi connectivity index (χ4n) is 4.42. The third kappa shape index (κ3) is 7.84. The number of aryl methyl sites for hydroxylation is 1. The first-order valence-electron chi connectivity index (χ1n) is 12.4. The number of halogens is 1. The van der Waals surface area contributed by atoms with E-state index in [1.807, 2.05) is 26.8 Å². The Morgan fingerprint density at radius 1 is 1.29 bits per heavy atom. The normalized spacial score (nSPS) is 31.5. The summed E-state index contributed by atoms with van der Waals surface area (Å²) in [5.74, 6) is -2.19. The number of rotatable bonds is 3. The van der Waals surface area contributed by atoms with Crippen LogP contribution in [0.25, 0.3) is 6.08 Å². The number of ketones is 1. The van der Waals surface area contributed by atoms with Gasteiger partial charge in [-0.3, -0.25) is 9.59 Å². The summed E-state index contributed by atoms with van der Waals surface area (Å²) >= 11 is 0. The SMILES string of the molecule is CC[C@H]1C(=O)C(C)(C)[C@@H](O)CC(=O)O[C@H](/C(F)=C/c2coc(C)n2)C/C=C(/C)CCC[C@H](C)[C@@H]1O. The van der Waals surface area contributed by atoms with Crippen molar-refractivity contribution in [2.24, 2.45) is 17.3 Å². The van der Waals surface area contributed by atoms with Crippen molar-refractivity contribution >= 4 is 17.8 Å². The lowest BCUT2D eigenvalue weighted by atomic mass is 9.71. The highest BCUT2D eigenvalue weighted by molar-refractivity contribution is 5.88. The number of cyclic esters (lactones) is 1. The van der Waals surface area contributed by atoms with Gasteiger partial charge in [0.1, 0.15) is 23.6 Å². The van der Waals surface area contributed by atoms with E-state index in [1.165, 1.54) is 6.26 Å². The smallest absolute Gasteiger partial charge is 0.309 e. The number of oxazole rings is 1. The second-order valence-electron chi connectivity index (χ2n) is 10.3. The van der Waals surface area contributed by atoms with Crippen LogP contribution in [0, 0.1) is 24.2 Å². The zero-order valence-corrected chi connectivity index (χ0v) is 21.7. The summed E-state index contributed by atoms with van der Waals surface area (Å²) in [6.07, 6.45) is 3.23. The molecule has 2 N–H and O–H groups in total. The second-order valence-corrected chi connectivity index (χ2v) is 10.3. The minimum absolute atomic E-state index is 0.110. The standard InChI is InChI=1S/C27H40FNO6/c1-7-20-25(32)17(3)10-8-9-16(2)11-12-22(21(28)13-19-15-34-18(4)29-19)35-24(31)14-23(30)27(5,6)26(20)33/h11,13,15,17,20,22-23,25,30,32H,7-10,12,14H2,1-6H3/b16-11-,21-13-/t17-,20+,22-,23-,25-/m0/s1. The first-order chi connectivity index (χ1) is 16.4. The lowest BCUT2D eigenvalue weighted by Gasteiger charge is -2.35. The molecule has 0 aromatic carbocycles. The number of aliphatic hydroxyl groups is 2. The molecule has 1 aromatic heterocycles. The maximum Gasteiger partial charge on any atom is 0.309 e. The van der Waals surface area contributed by atoms with E-state index in [1.54, 1.807) is 20.8 Å². The van der Waals surface area contributed by atoms with Crippen LogP contribution in [-0.2, 0) is 14.3 Å². The molecule has 1 aromatic rings. The van der Waals surface area contributed by atoms with E-state index in [-0.39, 0.29) is 23.8 Å². The topological polar surface area (TPSA) is 110 Å². The fourth-order valence-corrected chi connectivity index (χ4v) is 4.42. The van der Waals surface area contributed by atoms with E-state index in [0.29, 0.717) is 12.3 Å². The molecule has 0 spiro atoms. The van der Waals surface area contributed by atoms with Crippen molar-refractivity contribution in [3.63, 3.8) is 0 Å². The van der Waals surface area contributed by atoms with Crippen LogP contribution in [0.2, 0.25) is 0 Å². The molecule has 2 heterocycles. The van der Waals surface area contributed by atoms with Crippen LogP contribution in [0.3, 0.4) is 0 Å². The van der Waals surface area contributed by atoms with Crippen molar-refractivity contribution in [1.82, 2.24) is 4.98 Å². The predicted molar refractivity (Wildman–Crippen MR) is 131 cm³/mol. The zero-order chi connectivity index (χ0) is 26.3. The molecule has 0 saturated heterocycles. The highest BCUT2D eigenvalue weighted by atomic mass is 19.1.